The molecule has 5 heavy (non-hydrogen) atoms. The number of hydroxylamine groups is 1. The molecule has 0 rings (SSSR count). The Kier molecular flexibility index (Phi) is 2.03. The molecular weight excluding hydrogens is 70.0 g/mol. The van der Waals surface area contributed by atoms with Gasteiger partial charge in [-0.3, -0.25) is 11.0 Å². The molecule has 4 N–H and O–H groups in total. The van der Waals surface area contributed by atoms with E-state index in [0.717, 1.165) is 0 Å². The normalized spacial score (nSPS) is 9.60. The third kappa shape index (κ3) is 3.84. The highest BCUT2D eigenvalue weighted by Gasteiger charge is 1.71. The number of hydrazine groups is 2. The number of rotatable bonds is 1. The number of nitrogens with one attached hydrogen (secondary N) is 1. The maximum atomic E-state index is 7.96. The van der Waals surface area contributed by atoms with Gasteiger partial charge in [0.2, 0.25) is 0 Å². The lowest BCUT2D eigenvalue weighted by Crippen LogP contribution is -2.36. The highest BCUT2D eigenvalue weighted by Crippen LogP contribution is 1.44. The van der Waals surface area contributed by atoms with Gasteiger partial charge in [0.25, 0.3) is 0 Å². The molecule has 0 amide bonds. The van der Waals surface area contributed by atoms with Crippen molar-refractivity contribution < 1.29 is 5.21 Å². The van der Waals surface area contributed by atoms with Crippen molar-refractivity contribution in [1.29, 1.82) is 0 Å². The molecule has 0 aliphatic heterocycles. The average molecular weight is 77.1 g/mol. The van der Waals surface area contributed by atoms with Gasteiger partial charge in [0.15, 0.2) is 0 Å². The summed E-state index contributed by atoms with van der Waals surface area (Å²) in [6.45, 7) is 0. The van der Waals surface area contributed by atoms with Gasteiger partial charge in [0.05, 0.1) is 0 Å². The molecule has 4 nitrogen and oxygen atoms in total. The van der Waals surface area contributed by atoms with Crippen molar-refractivity contribution in [2.24, 2.45) is 5.84 Å². The predicted octanol–water partition coefficient (Wildman–Crippen LogP) is -1.31. The highest BCUT2D eigenvalue weighted by atomic mass is 16.5. The Labute approximate surface area is 30.1 Å². The van der Waals surface area contributed by atoms with Crippen LogP contribution in [0.5, 0.6) is 0 Å². The molecule has 0 saturated heterocycles. The zero-order valence-electron chi connectivity index (χ0n) is 2.97. The Morgan fingerprint density at radius 1 is 2.00 bits per heavy atom. The lowest BCUT2D eigenvalue weighted by atomic mass is 11.5. The van der Waals surface area contributed by atoms with E-state index in [-0.39, 0.29) is 0 Å². The maximum Gasteiger partial charge on any atom is 0.0299 e. The van der Waals surface area contributed by atoms with E-state index < -0.39 is 0 Å². The van der Waals surface area contributed by atoms with Gasteiger partial charge in [0.1, 0.15) is 0 Å². The van der Waals surface area contributed by atoms with Crippen molar-refractivity contribution in [2.75, 3.05) is 7.05 Å². The fraction of sp³-hybridized carbons (Fsp3) is 1.00. The Morgan fingerprint density at radius 3 is 2.20 bits per heavy atom. The molecule has 0 unspecified atom stereocenters. The van der Waals surface area contributed by atoms with Gasteiger partial charge >= 0.3 is 0 Å². The third-order valence-corrected chi connectivity index (χ3v) is 0.187. The summed E-state index contributed by atoms with van der Waals surface area (Å²) in [5, 5.41) is 8.61. The Morgan fingerprint density at radius 2 is 2.20 bits per heavy atom. The molecule has 32 valence electrons. The van der Waals surface area contributed by atoms with Crippen LogP contribution >= 0.6 is 0 Å². The van der Waals surface area contributed by atoms with E-state index in [1.54, 1.807) is 0 Å². The van der Waals surface area contributed by atoms with Crippen LogP contribution < -0.4 is 11.4 Å². The SMILES string of the molecule is CN(O)NN. The van der Waals surface area contributed by atoms with Crippen LogP contribution in [0.4, 0.5) is 0 Å². The summed E-state index contributed by atoms with van der Waals surface area (Å²) in [6.07, 6.45) is 0. The van der Waals surface area contributed by atoms with Gasteiger partial charge in [0, 0.05) is 7.05 Å². The fourth-order valence-corrected chi connectivity index (χ4v) is 0. The van der Waals surface area contributed by atoms with Gasteiger partial charge in [-0.2, -0.15) is 5.53 Å². The molecule has 0 saturated carbocycles. The second-order valence-electron chi connectivity index (χ2n) is 0.653. The quantitative estimate of drug-likeness (QED) is 0.268. The lowest BCUT2D eigenvalue weighted by molar-refractivity contribution is -0.112. The standard InChI is InChI=1S/CH7N3O/c1-4(5)3-2/h3,5H,2H2,1H3. The summed E-state index contributed by atoms with van der Waals surface area (Å²) in [7, 11) is 1.38. The molecule has 4 heteroatoms. The van der Waals surface area contributed by atoms with Crippen LogP contribution in [-0.2, 0) is 0 Å². The number of hydrogen-bond donors (Lipinski definition) is 3. The monoisotopic (exact) mass is 77.1 g/mol. The first-order chi connectivity index (χ1) is 2.27. The second kappa shape index (κ2) is 2.10. The minimum absolute atomic E-state index is 0.653. The summed E-state index contributed by atoms with van der Waals surface area (Å²) < 4.78 is 0. The molecule has 0 spiro atoms. The van der Waals surface area contributed by atoms with E-state index in [2.05, 4.69) is 5.84 Å². The zero-order valence-corrected chi connectivity index (χ0v) is 2.97. The van der Waals surface area contributed by atoms with Gasteiger partial charge in [-0.05, 0) is 0 Å². The fourth-order valence-electron chi connectivity index (χ4n) is 0. The van der Waals surface area contributed by atoms with E-state index >= 15 is 0 Å². The molecule has 0 radical (unpaired) electrons. The minimum atomic E-state index is 0.653. The topological polar surface area (TPSA) is 61.5 Å². The Hall–Kier alpha value is -0.160. The Balaban J connectivity index is 2.54. The first-order valence-corrected chi connectivity index (χ1v) is 1.16. The average Bonchev–Trinajstić information content (AvgIpc) is 1.38. The summed E-state index contributed by atoms with van der Waals surface area (Å²) in [5.41, 5.74) is 1.92. The number of nitrogens with zero attached hydrogens (tertiary/aromatic N) is 1. The third-order valence-electron chi connectivity index (χ3n) is 0.187. The van der Waals surface area contributed by atoms with Crippen molar-refractivity contribution in [3.05, 3.63) is 0 Å². The summed E-state index contributed by atoms with van der Waals surface area (Å²) >= 11 is 0. The van der Waals surface area contributed by atoms with Crippen molar-refractivity contribution in [2.45, 2.75) is 0 Å². The van der Waals surface area contributed by atoms with E-state index in [9.17, 15) is 0 Å². The smallest absolute Gasteiger partial charge is 0.0299 e. The first-order valence-electron chi connectivity index (χ1n) is 1.16. The summed E-state index contributed by atoms with van der Waals surface area (Å²) in [5.74, 6) is 4.60. The lowest BCUT2D eigenvalue weighted by Gasteiger charge is -2.00. The minimum Gasteiger partial charge on any atom is -0.298 e. The van der Waals surface area contributed by atoms with Gasteiger partial charge in [-0.1, -0.05) is 0 Å². The largest absolute Gasteiger partial charge is 0.298 e. The van der Waals surface area contributed by atoms with E-state index in [1.165, 1.54) is 7.05 Å². The number of hydrogen-bond acceptors (Lipinski definition) is 4. The molecule has 0 aliphatic carbocycles. The van der Waals surface area contributed by atoms with Crippen molar-refractivity contribution in [3.8, 4) is 0 Å². The molecule has 0 aromatic heterocycles. The van der Waals surface area contributed by atoms with Gasteiger partial charge in [-0.15, -0.1) is 5.17 Å². The van der Waals surface area contributed by atoms with Crippen LogP contribution in [0.15, 0.2) is 0 Å². The van der Waals surface area contributed by atoms with Crippen LogP contribution in [0, 0.1) is 0 Å². The molecule has 0 bridgehead atoms. The molecule has 0 aromatic rings. The van der Waals surface area contributed by atoms with Crippen molar-refractivity contribution >= 4 is 0 Å². The first kappa shape index (κ1) is 4.84. The molecule has 0 atom stereocenters. The van der Waals surface area contributed by atoms with E-state index in [4.69, 9.17) is 5.21 Å². The molecule has 0 aliphatic rings. The van der Waals surface area contributed by atoms with Crippen molar-refractivity contribution in [1.82, 2.24) is 10.7 Å². The van der Waals surface area contributed by atoms with Crippen LogP contribution in [0.25, 0.3) is 0 Å². The zero-order chi connectivity index (χ0) is 4.28. The molecule has 0 aromatic carbocycles. The van der Waals surface area contributed by atoms with Crippen LogP contribution in [0.3, 0.4) is 0 Å². The summed E-state index contributed by atoms with van der Waals surface area (Å²) in [4.78, 5) is 0. The maximum absolute atomic E-state index is 7.96. The molecular formula is CH7N3O. The summed E-state index contributed by atoms with van der Waals surface area (Å²) in [6, 6.07) is 0. The second-order valence-corrected chi connectivity index (χ2v) is 0.653. The van der Waals surface area contributed by atoms with Gasteiger partial charge < -0.3 is 0 Å². The van der Waals surface area contributed by atoms with E-state index in [0.29, 0.717) is 5.17 Å². The van der Waals surface area contributed by atoms with Crippen LogP contribution in [-0.4, -0.2) is 17.4 Å². The Bertz CT molecular complexity index is 20.9. The van der Waals surface area contributed by atoms with Gasteiger partial charge in [-0.25, -0.2) is 0 Å². The van der Waals surface area contributed by atoms with Crippen LogP contribution in [0.2, 0.25) is 0 Å². The van der Waals surface area contributed by atoms with E-state index in [1.807, 2.05) is 5.53 Å². The molecule has 0 fully saturated rings. The predicted molar refractivity (Wildman–Crippen MR) is 16.9 cm³/mol. The van der Waals surface area contributed by atoms with Crippen molar-refractivity contribution in [3.63, 3.8) is 0 Å². The number of nitrogens with two attached hydrogens (primary N) is 1. The molecule has 0 heterocycles. The van der Waals surface area contributed by atoms with Crippen LogP contribution in [0.1, 0.15) is 0 Å². The highest BCUT2D eigenvalue weighted by molar-refractivity contribution is 3.91.